The summed E-state index contributed by atoms with van der Waals surface area (Å²) >= 11 is 0. The fraction of sp³-hybridized carbons (Fsp3) is 0.533. The molecule has 0 radical (unpaired) electrons. The van der Waals surface area contributed by atoms with Gasteiger partial charge in [0.25, 0.3) is 0 Å². The molecule has 0 atom stereocenters. The molecule has 0 aromatic heterocycles. The summed E-state index contributed by atoms with van der Waals surface area (Å²) < 4.78 is 26.2. The Balaban J connectivity index is 3.75. The Kier molecular flexibility index (Phi) is 4.95. The summed E-state index contributed by atoms with van der Waals surface area (Å²) in [4.78, 5) is 0.306. The molecule has 0 fully saturated rings. The van der Waals surface area contributed by atoms with E-state index in [4.69, 9.17) is 0 Å². The average Bonchev–Trinajstić information content (AvgIpc) is 2.36. The van der Waals surface area contributed by atoms with Crippen LogP contribution >= 0.6 is 0 Å². The number of nitriles is 1. The molecule has 0 saturated heterocycles. The summed E-state index contributed by atoms with van der Waals surface area (Å²) in [5.41, 5.74) is 2.03. The maximum absolute atomic E-state index is 12.5. The van der Waals surface area contributed by atoms with Crippen LogP contribution in [0, 0.1) is 11.3 Å². The minimum Gasteiger partial charge on any atom is -0.207 e. The molecule has 5 heteroatoms. The van der Waals surface area contributed by atoms with Crippen LogP contribution in [0.3, 0.4) is 0 Å². The lowest BCUT2D eigenvalue weighted by Crippen LogP contribution is -2.24. The van der Waals surface area contributed by atoms with Crippen molar-refractivity contribution in [2.24, 2.45) is 0 Å². The van der Waals surface area contributed by atoms with Crippen LogP contribution in [0.1, 0.15) is 56.2 Å². The molecule has 0 saturated carbocycles. The van der Waals surface area contributed by atoms with E-state index in [0.717, 1.165) is 5.56 Å². The van der Waals surface area contributed by atoms with E-state index in [1.165, 1.54) is 18.4 Å². The van der Waals surface area contributed by atoms with Crippen molar-refractivity contribution >= 4 is 10.0 Å². The van der Waals surface area contributed by atoms with E-state index in [9.17, 15) is 13.7 Å². The molecule has 0 aliphatic heterocycles. The van der Waals surface area contributed by atoms with Crippen LogP contribution in [0.15, 0.2) is 17.0 Å². The van der Waals surface area contributed by atoms with Crippen molar-refractivity contribution in [2.75, 3.05) is 14.1 Å². The summed E-state index contributed by atoms with van der Waals surface area (Å²) in [5.74, 6) is 0.134. The SMILES string of the molecule is CC(C)c1cc(S(=O)(=O)N(C)C)c(C(C)C)cc1C#N. The van der Waals surface area contributed by atoms with Gasteiger partial charge in [-0.15, -0.1) is 0 Å². The van der Waals surface area contributed by atoms with Gasteiger partial charge < -0.3 is 0 Å². The zero-order valence-corrected chi connectivity index (χ0v) is 13.7. The van der Waals surface area contributed by atoms with Gasteiger partial charge in [0.1, 0.15) is 0 Å². The van der Waals surface area contributed by atoms with Crippen LogP contribution in [0.25, 0.3) is 0 Å². The monoisotopic (exact) mass is 294 g/mol. The zero-order valence-electron chi connectivity index (χ0n) is 12.9. The highest BCUT2D eigenvalue weighted by molar-refractivity contribution is 7.89. The number of hydrogen-bond acceptors (Lipinski definition) is 3. The normalized spacial score (nSPS) is 12.2. The molecule has 1 aromatic rings. The number of rotatable bonds is 4. The fourth-order valence-corrected chi connectivity index (χ4v) is 3.32. The van der Waals surface area contributed by atoms with Crippen LogP contribution in [0.5, 0.6) is 0 Å². The van der Waals surface area contributed by atoms with Gasteiger partial charge >= 0.3 is 0 Å². The molecule has 0 amide bonds. The number of sulfonamides is 1. The van der Waals surface area contributed by atoms with Gasteiger partial charge in [-0.1, -0.05) is 27.7 Å². The molecule has 1 aromatic carbocycles. The van der Waals surface area contributed by atoms with Gasteiger partial charge in [-0.2, -0.15) is 5.26 Å². The first-order valence-electron chi connectivity index (χ1n) is 6.63. The predicted octanol–water partition coefficient (Wildman–Crippen LogP) is 3.06. The average molecular weight is 294 g/mol. The van der Waals surface area contributed by atoms with Crippen molar-refractivity contribution in [3.8, 4) is 6.07 Å². The van der Waals surface area contributed by atoms with E-state index in [-0.39, 0.29) is 11.8 Å². The van der Waals surface area contributed by atoms with Crippen molar-refractivity contribution in [1.29, 1.82) is 5.26 Å². The molecule has 0 unspecified atom stereocenters. The number of benzene rings is 1. The van der Waals surface area contributed by atoms with E-state index < -0.39 is 10.0 Å². The Bertz CT molecular complexity index is 639. The molecule has 20 heavy (non-hydrogen) atoms. The second-order valence-corrected chi connectivity index (χ2v) is 7.81. The standard InChI is InChI=1S/C15H22N2O2S/c1-10(2)13-8-15(20(18,19)17(5)6)14(11(3)4)7-12(13)9-16/h7-8,10-11H,1-6H3. The molecule has 1 rings (SSSR count). The lowest BCUT2D eigenvalue weighted by atomic mass is 9.92. The Morgan fingerprint density at radius 3 is 1.90 bits per heavy atom. The van der Waals surface area contributed by atoms with Crippen molar-refractivity contribution < 1.29 is 8.42 Å². The second kappa shape index (κ2) is 5.94. The van der Waals surface area contributed by atoms with Gasteiger partial charge in [0.05, 0.1) is 16.5 Å². The number of hydrogen-bond donors (Lipinski definition) is 0. The first kappa shape index (κ1) is 16.7. The summed E-state index contributed by atoms with van der Waals surface area (Å²) in [5, 5.41) is 9.27. The molecule has 0 N–H and O–H groups in total. The quantitative estimate of drug-likeness (QED) is 0.857. The Labute approximate surface area is 122 Å². The minimum atomic E-state index is -3.51. The van der Waals surface area contributed by atoms with E-state index in [1.807, 2.05) is 27.7 Å². The lowest BCUT2D eigenvalue weighted by Gasteiger charge is -2.20. The highest BCUT2D eigenvalue weighted by atomic mass is 32.2. The molecular weight excluding hydrogens is 272 g/mol. The summed E-state index contributed by atoms with van der Waals surface area (Å²) in [6.45, 7) is 7.77. The van der Waals surface area contributed by atoms with Crippen LogP contribution < -0.4 is 0 Å². The second-order valence-electron chi connectivity index (χ2n) is 5.69. The van der Waals surface area contributed by atoms with E-state index in [0.29, 0.717) is 16.0 Å². The summed E-state index contributed by atoms with van der Waals surface area (Å²) in [6, 6.07) is 5.55. The first-order valence-corrected chi connectivity index (χ1v) is 8.07. The zero-order chi connectivity index (χ0) is 15.7. The minimum absolute atomic E-state index is 0.0352. The Morgan fingerprint density at radius 2 is 1.55 bits per heavy atom. The summed E-state index contributed by atoms with van der Waals surface area (Å²) in [6.07, 6.45) is 0. The predicted molar refractivity (Wildman–Crippen MR) is 80.2 cm³/mol. The van der Waals surface area contributed by atoms with Crippen LogP contribution in [-0.2, 0) is 10.0 Å². The van der Waals surface area contributed by atoms with Gasteiger partial charge in [0.2, 0.25) is 10.0 Å². The fourth-order valence-electron chi connectivity index (χ4n) is 2.06. The molecule has 0 heterocycles. The van der Waals surface area contributed by atoms with E-state index in [2.05, 4.69) is 6.07 Å². The van der Waals surface area contributed by atoms with Gasteiger partial charge in [0, 0.05) is 14.1 Å². The maximum atomic E-state index is 12.5. The smallest absolute Gasteiger partial charge is 0.207 e. The van der Waals surface area contributed by atoms with Crippen LogP contribution in [0.4, 0.5) is 0 Å². The third-order valence-electron chi connectivity index (χ3n) is 3.31. The van der Waals surface area contributed by atoms with Crippen LogP contribution in [-0.4, -0.2) is 26.8 Å². The highest BCUT2D eigenvalue weighted by Crippen LogP contribution is 2.31. The molecule has 110 valence electrons. The van der Waals surface area contributed by atoms with Crippen molar-refractivity contribution in [1.82, 2.24) is 4.31 Å². The third kappa shape index (κ3) is 3.02. The van der Waals surface area contributed by atoms with Crippen molar-refractivity contribution in [3.05, 3.63) is 28.8 Å². The molecular formula is C15H22N2O2S. The summed E-state index contributed by atoms with van der Waals surface area (Å²) in [7, 11) is -0.469. The number of nitrogens with zero attached hydrogens (tertiary/aromatic N) is 2. The molecule has 0 bridgehead atoms. The van der Waals surface area contributed by atoms with Crippen molar-refractivity contribution in [2.45, 2.75) is 44.4 Å². The molecule has 0 aliphatic rings. The third-order valence-corrected chi connectivity index (χ3v) is 5.18. The lowest BCUT2D eigenvalue weighted by molar-refractivity contribution is 0.518. The Hall–Kier alpha value is -1.38. The van der Waals surface area contributed by atoms with Gasteiger partial charge in [0.15, 0.2) is 0 Å². The van der Waals surface area contributed by atoms with Gasteiger partial charge in [-0.05, 0) is 35.1 Å². The van der Waals surface area contributed by atoms with Crippen molar-refractivity contribution in [3.63, 3.8) is 0 Å². The Morgan fingerprint density at radius 1 is 1.05 bits per heavy atom. The molecule has 0 spiro atoms. The van der Waals surface area contributed by atoms with Crippen LogP contribution in [0.2, 0.25) is 0 Å². The van der Waals surface area contributed by atoms with Gasteiger partial charge in [-0.3, -0.25) is 0 Å². The largest absolute Gasteiger partial charge is 0.242 e. The first-order chi connectivity index (χ1) is 9.12. The topological polar surface area (TPSA) is 61.2 Å². The highest BCUT2D eigenvalue weighted by Gasteiger charge is 2.25. The maximum Gasteiger partial charge on any atom is 0.242 e. The molecule has 0 aliphatic carbocycles. The molecule has 4 nitrogen and oxygen atoms in total. The van der Waals surface area contributed by atoms with E-state index >= 15 is 0 Å². The van der Waals surface area contributed by atoms with E-state index in [1.54, 1.807) is 12.1 Å². The van der Waals surface area contributed by atoms with Gasteiger partial charge in [-0.25, -0.2) is 12.7 Å².